The Morgan fingerprint density at radius 2 is 2.00 bits per heavy atom. The minimum atomic E-state index is 0.0740. The summed E-state index contributed by atoms with van der Waals surface area (Å²) in [6, 6.07) is 0.0740. The quantitative estimate of drug-likeness (QED) is 0.432. The van der Waals surface area contributed by atoms with Gasteiger partial charge in [-0.1, -0.05) is 0 Å². The number of hydrogen-bond donors (Lipinski definition) is 2. The van der Waals surface area contributed by atoms with Crippen molar-refractivity contribution in [1.82, 2.24) is 5.43 Å². The van der Waals surface area contributed by atoms with Crippen molar-refractivity contribution in [2.45, 2.75) is 32.9 Å². The number of hydrogen-bond acceptors (Lipinski definition) is 4. The monoisotopic (exact) mass is 176 g/mol. The number of rotatable bonds is 7. The van der Waals surface area contributed by atoms with Gasteiger partial charge in [-0.15, -0.1) is 0 Å². The molecule has 3 N–H and O–H groups in total. The fraction of sp³-hybridized carbons (Fsp3) is 1.00. The Hall–Kier alpha value is -0.160. The van der Waals surface area contributed by atoms with Gasteiger partial charge in [0.05, 0.1) is 18.8 Å². The molecule has 74 valence electrons. The molecule has 0 heterocycles. The molecule has 0 amide bonds. The maximum absolute atomic E-state index is 5.37. The van der Waals surface area contributed by atoms with E-state index in [1.807, 2.05) is 20.8 Å². The number of ether oxygens (including phenoxy) is 2. The van der Waals surface area contributed by atoms with Gasteiger partial charge in [-0.2, -0.15) is 0 Å². The van der Waals surface area contributed by atoms with Crippen LogP contribution in [0.1, 0.15) is 20.8 Å². The highest BCUT2D eigenvalue weighted by Crippen LogP contribution is 1.98. The third-order valence-corrected chi connectivity index (χ3v) is 1.71. The Labute approximate surface area is 74.4 Å². The van der Waals surface area contributed by atoms with Gasteiger partial charge in [0.15, 0.2) is 0 Å². The zero-order valence-electron chi connectivity index (χ0n) is 8.17. The van der Waals surface area contributed by atoms with Crippen molar-refractivity contribution in [3.63, 3.8) is 0 Å². The second-order valence-corrected chi connectivity index (χ2v) is 2.59. The molecule has 0 fully saturated rings. The summed E-state index contributed by atoms with van der Waals surface area (Å²) in [6.45, 7) is 7.90. The van der Waals surface area contributed by atoms with Crippen LogP contribution in [-0.2, 0) is 9.47 Å². The smallest absolute Gasteiger partial charge is 0.0735 e. The van der Waals surface area contributed by atoms with Gasteiger partial charge in [-0.05, 0) is 20.8 Å². The van der Waals surface area contributed by atoms with Gasteiger partial charge < -0.3 is 9.47 Å². The minimum absolute atomic E-state index is 0.0740. The van der Waals surface area contributed by atoms with Crippen LogP contribution in [0.4, 0.5) is 0 Å². The fourth-order valence-electron chi connectivity index (χ4n) is 0.943. The number of nitrogens with one attached hydrogen (secondary N) is 1. The molecule has 0 rings (SSSR count). The molecule has 12 heavy (non-hydrogen) atoms. The number of hydrazine groups is 1. The normalized spacial score (nSPS) is 16.0. The Kier molecular flexibility index (Phi) is 7.39. The predicted molar refractivity (Wildman–Crippen MR) is 48.7 cm³/mol. The molecule has 0 bridgehead atoms. The van der Waals surface area contributed by atoms with Gasteiger partial charge in [0.2, 0.25) is 0 Å². The Morgan fingerprint density at radius 1 is 1.33 bits per heavy atom. The molecule has 0 aromatic rings. The summed E-state index contributed by atoms with van der Waals surface area (Å²) in [5.74, 6) is 5.33. The topological polar surface area (TPSA) is 56.5 Å². The van der Waals surface area contributed by atoms with E-state index in [9.17, 15) is 0 Å². The summed E-state index contributed by atoms with van der Waals surface area (Å²) < 4.78 is 10.6. The third-order valence-electron chi connectivity index (χ3n) is 1.71. The predicted octanol–water partition coefficient (Wildman–Crippen LogP) is 0.280. The van der Waals surface area contributed by atoms with Crippen molar-refractivity contribution >= 4 is 0 Å². The van der Waals surface area contributed by atoms with Gasteiger partial charge in [0.1, 0.15) is 0 Å². The average Bonchev–Trinajstić information content (AvgIpc) is 2.06. The van der Waals surface area contributed by atoms with Crippen LogP contribution in [0.2, 0.25) is 0 Å². The van der Waals surface area contributed by atoms with Gasteiger partial charge >= 0.3 is 0 Å². The second-order valence-electron chi connectivity index (χ2n) is 2.59. The summed E-state index contributed by atoms with van der Waals surface area (Å²) in [7, 11) is 0. The lowest BCUT2D eigenvalue weighted by atomic mass is 10.2. The Balaban J connectivity index is 3.62. The first-order valence-electron chi connectivity index (χ1n) is 4.41. The van der Waals surface area contributed by atoms with Crippen LogP contribution in [0, 0.1) is 0 Å². The summed E-state index contributed by atoms with van der Waals surface area (Å²) in [6.07, 6.45) is 0.0894. The van der Waals surface area contributed by atoms with E-state index >= 15 is 0 Å². The lowest BCUT2D eigenvalue weighted by Gasteiger charge is -2.22. The van der Waals surface area contributed by atoms with Gasteiger partial charge in [-0.3, -0.25) is 11.3 Å². The van der Waals surface area contributed by atoms with E-state index in [1.165, 1.54) is 0 Å². The van der Waals surface area contributed by atoms with Gasteiger partial charge in [0.25, 0.3) is 0 Å². The molecular formula is C8H20N2O2. The van der Waals surface area contributed by atoms with Gasteiger partial charge in [0, 0.05) is 13.2 Å². The highest BCUT2D eigenvalue weighted by atomic mass is 16.5. The SMILES string of the molecule is CCOCC(NN)C(C)OCC. The van der Waals surface area contributed by atoms with E-state index in [-0.39, 0.29) is 12.1 Å². The molecule has 0 saturated carbocycles. The van der Waals surface area contributed by atoms with Crippen molar-refractivity contribution in [2.75, 3.05) is 19.8 Å². The van der Waals surface area contributed by atoms with Crippen LogP contribution in [-0.4, -0.2) is 32.0 Å². The average molecular weight is 176 g/mol. The van der Waals surface area contributed by atoms with E-state index in [1.54, 1.807) is 0 Å². The molecule has 0 radical (unpaired) electrons. The molecule has 0 aromatic heterocycles. The molecule has 4 heteroatoms. The molecule has 2 atom stereocenters. The van der Waals surface area contributed by atoms with Crippen molar-refractivity contribution in [3.8, 4) is 0 Å². The van der Waals surface area contributed by atoms with E-state index < -0.39 is 0 Å². The molecule has 0 spiro atoms. The van der Waals surface area contributed by atoms with Crippen LogP contribution >= 0.6 is 0 Å². The highest BCUT2D eigenvalue weighted by Gasteiger charge is 2.15. The Bertz CT molecular complexity index is 101. The zero-order chi connectivity index (χ0) is 9.40. The van der Waals surface area contributed by atoms with E-state index in [0.717, 1.165) is 0 Å². The first-order chi connectivity index (χ1) is 5.76. The molecule has 0 saturated heterocycles. The second kappa shape index (κ2) is 7.49. The van der Waals surface area contributed by atoms with Crippen LogP contribution in [0.3, 0.4) is 0 Å². The van der Waals surface area contributed by atoms with E-state index in [0.29, 0.717) is 19.8 Å². The number of nitrogens with two attached hydrogens (primary N) is 1. The standard InChI is InChI=1S/C8H20N2O2/c1-4-11-6-8(10-9)7(3)12-5-2/h7-8,10H,4-6,9H2,1-3H3. The third kappa shape index (κ3) is 4.66. The fourth-order valence-corrected chi connectivity index (χ4v) is 0.943. The summed E-state index contributed by atoms with van der Waals surface area (Å²) in [4.78, 5) is 0. The van der Waals surface area contributed by atoms with Gasteiger partial charge in [-0.25, -0.2) is 0 Å². The van der Waals surface area contributed by atoms with Crippen molar-refractivity contribution in [1.29, 1.82) is 0 Å². The van der Waals surface area contributed by atoms with Crippen molar-refractivity contribution in [3.05, 3.63) is 0 Å². The Morgan fingerprint density at radius 3 is 2.42 bits per heavy atom. The molecular weight excluding hydrogens is 156 g/mol. The van der Waals surface area contributed by atoms with Crippen molar-refractivity contribution < 1.29 is 9.47 Å². The van der Waals surface area contributed by atoms with E-state index in [2.05, 4.69) is 5.43 Å². The molecule has 0 aliphatic rings. The molecule has 4 nitrogen and oxygen atoms in total. The van der Waals surface area contributed by atoms with Crippen LogP contribution < -0.4 is 11.3 Å². The maximum Gasteiger partial charge on any atom is 0.0735 e. The first kappa shape index (κ1) is 11.8. The molecule has 0 aliphatic heterocycles. The summed E-state index contributed by atoms with van der Waals surface area (Å²) in [5.41, 5.74) is 2.67. The molecule has 0 aliphatic carbocycles. The summed E-state index contributed by atoms with van der Waals surface area (Å²) in [5, 5.41) is 0. The van der Waals surface area contributed by atoms with Crippen molar-refractivity contribution in [2.24, 2.45) is 5.84 Å². The van der Waals surface area contributed by atoms with Crippen LogP contribution in [0.25, 0.3) is 0 Å². The zero-order valence-corrected chi connectivity index (χ0v) is 8.17. The van der Waals surface area contributed by atoms with Crippen LogP contribution in [0.15, 0.2) is 0 Å². The largest absolute Gasteiger partial charge is 0.380 e. The summed E-state index contributed by atoms with van der Waals surface area (Å²) >= 11 is 0. The first-order valence-corrected chi connectivity index (χ1v) is 4.41. The molecule has 0 aromatic carbocycles. The van der Waals surface area contributed by atoms with Crippen LogP contribution in [0.5, 0.6) is 0 Å². The maximum atomic E-state index is 5.37. The van der Waals surface area contributed by atoms with E-state index in [4.69, 9.17) is 15.3 Å². The highest BCUT2D eigenvalue weighted by molar-refractivity contribution is 4.70. The lowest BCUT2D eigenvalue weighted by molar-refractivity contribution is 0.0127. The molecule has 2 unspecified atom stereocenters. The minimum Gasteiger partial charge on any atom is -0.380 e. The lowest BCUT2D eigenvalue weighted by Crippen LogP contribution is -2.47.